The Bertz CT molecular complexity index is 743. The number of benzene rings is 2. The minimum Gasteiger partial charge on any atom is -0.287 e. The molecule has 0 aliphatic rings. The van der Waals surface area contributed by atoms with E-state index in [9.17, 15) is 4.79 Å². The molecule has 0 aliphatic carbocycles. The van der Waals surface area contributed by atoms with E-state index in [1.807, 2.05) is 49.4 Å². The van der Waals surface area contributed by atoms with Crippen LogP contribution in [0.5, 0.6) is 0 Å². The Hall–Kier alpha value is -2.42. The molecule has 19 heavy (non-hydrogen) atoms. The summed E-state index contributed by atoms with van der Waals surface area (Å²) in [6.07, 6.45) is 1.66. The molecule has 3 nitrogen and oxygen atoms in total. The number of carbonyl (C=O) groups excluding carboxylic acids is 1. The monoisotopic (exact) mass is 250 g/mol. The molecule has 0 bridgehead atoms. The van der Waals surface area contributed by atoms with E-state index < -0.39 is 0 Å². The molecule has 0 saturated carbocycles. The van der Waals surface area contributed by atoms with Crippen molar-refractivity contribution >= 4 is 16.6 Å². The quantitative estimate of drug-likeness (QED) is 0.668. The van der Waals surface area contributed by atoms with Crippen molar-refractivity contribution in [3.05, 3.63) is 66.0 Å². The fourth-order valence-corrected chi connectivity index (χ4v) is 2.26. The largest absolute Gasteiger partial charge is 0.287 e. The molecule has 0 unspecified atom stereocenters. The maximum atomic E-state index is 12.5. The van der Waals surface area contributed by atoms with Gasteiger partial charge in [0, 0.05) is 18.3 Å². The predicted octanol–water partition coefficient (Wildman–Crippen LogP) is 3.29. The van der Waals surface area contributed by atoms with Crippen LogP contribution in [0, 0.1) is 0 Å². The second-order valence-corrected chi connectivity index (χ2v) is 4.42. The Balaban J connectivity index is 2.06. The van der Waals surface area contributed by atoms with Crippen LogP contribution in [0.25, 0.3) is 10.8 Å². The van der Waals surface area contributed by atoms with E-state index in [-0.39, 0.29) is 5.78 Å². The van der Waals surface area contributed by atoms with E-state index in [0.717, 1.165) is 10.8 Å². The summed E-state index contributed by atoms with van der Waals surface area (Å²) in [6, 6.07) is 15.6. The maximum Gasteiger partial charge on any atom is 0.211 e. The maximum absolute atomic E-state index is 12.5. The number of nitrogens with zero attached hydrogens (tertiary/aromatic N) is 2. The van der Waals surface area contributed by atoms with Crippen LogP contribution in [-0.4, -0.2) is 15.6 Å². The molecule has 0 N–H and O–H groups in total. The summed E-state index contributed by atoms with van der Waals surface area (Å²) in [5, 5.41) is 6.36. The molecule has 0 amide bonds. The first-order valence-corrected chi connectivity index (χ1v) is 6.35. The lowest BCUT2D eigenvalue weighted by atomic mass is 10.0. The highest BCUT2D eigenvalue weighted by molar-refractivity contribution is 6.09. The third-order valence-corrected chi connectivity index (χ3v) is 3.26. The van der Waals surface area contributed by atoms with Gasteiger partial charge in [-0.25, -0.2) is 0 Å². The molecule has 0 saturated heterocycles. The first kappa shape index (κ1) is 11.7. The number of ketones is 1. The van der Waals surface area contributed by atoms with E-state index >= 15 is 0 Å². The van der Waals surface area contributed by atoms with Crippen molar-refractivity contribution in [2.45, 2.75) is 13.5 Å². The van der Waals surface area contributed by atoms with Crippen molar-refractivity contribution < 1.29 is 4.79 Å². The number of carbonyl (C=O) groups is 1. The first-order valence-electron chi connectivity index (χ1n) is 6.35. The second kappa shape index (κ2) is 4.69. The van der Waals surface area contributed by atoms with Crippen molar-refractivity contribution in [1.82, 2.24) is 9.78 Å². The average Bonchev–Trinajstić information content (AvgIpc) is 2.94. The van der Waals surface area contributed by atoms with Gasteiger partial charge in [0.05, 0.1) is 0 Å². The lowest BCUT2D eigenvalue weighted by molar-refractivity contribution is 0.102. The standard InChI is InChI=1S/C16H14N2O/c1-2-18-15(9-10-17-18)16(19)14-8-7-12-5-3-4-6-13(12)11-14/h3-11H,2H2,1H3. The summed E-state index contributed by atoms with van der Waals surface area (Å²) in [5.41, 5.74) is 1.34. The summed E-state index contributed by atoms with van der Waals surface area (Å²) in [5.74, 6) is 0.0186. The lowest BCUT2D eigenvalue weighted by Gasteiger charge is -2.05. The van der Waals surface area contributed by atoms with Crippen LogP contribution in [0.1, 0.15) is 23.0 Å². The average molecular weight is 250 g/mol. The third-order valence-electron chi connectivity index (χ3n) is 3.26. The Morgan fingerprint density at radius 1 is 1.11 bits per heavy atom. The number of rotatable bonds is 3. The Morgan fingerprint density at radius 3 is 2.68 bits per heavy atom. The van der Waals surface area contributed by atoms with E-state index in [1.54, 1.807) is 16.9 Å². The Labute approximate surface area is 111 Å². The van der Waals surface area contributed by atoms with E-state index in [0.29, 0.717) is 17.8 Å². The molecule has 3 rings (SSSR count). The van der Waals surface area contributed by atoms with Gasteiger partial charge in [0.2, 0.25) is 5.78 Å². The summed E-state index contributed by atoms with van der Waals surface area (Å²) in [4.78, 5) is 12.5. The van der Waals surface area contributed by atoms with E-state index in [4.69, 9.17) is 0 Å². The van der Waals surface area contributed by atoms with Crippen molar-refractivity contribution in [2.24, 2.45) is 0 Å². The van der Waals surface area contributed by atoms with Crippen molar-refractivity contribution in [3.63, 3.8) is 0 Å². The molecular formula is C16H14N2O. The summed E-state index contributed by atoms with van der Waals surface area (Å²) in [6.45, 7) is 2.67. The second-order valence-electron chi connectivity index (χ2n) is 4.42. The number of fused-ring (bicyclic) bond motifs is 1. The van der Waals surface area contributed by atoms with Gasteiger partial charge in [-0.15, -0.1) is 0 Å². The summed E-state index contributed by atoms with van der Waals surface area (Å²) in [7, 11) is 0. The van der Waals surface area contributed by atoms with Gasteiger partial charge in [0.1, 0.15) is 5.69 Å². The number of aryl methyl sites for hydroxylation is 1. The fraction of sp³-hybridized carbons (Fsp3) is 0.125. The highest BCUT2D eigenvalue weighted by Gasteiger charge is 2.13. The molecule has 0 fully saturated rings. The van der Waals surface area contributed by atoms with Gasteiger partial charge in [-0.1, -0.05) is 36.4 Å². The summed E-state index contributed by atoms with van der Waals surface area (Å²) < 4.78 is 1.72. The van der Waals surface area contributed by atoms with Crippen molar-refractivity contribution in [3.8, 4) is 0 Å². The van der Waals surface area contributed by atoms with Gasteiger partial charge in [-0.05, 0) is 29.8 Å². The molecule has 0 atom stereocenters. The zero-order chi connectivity index (χ0) is 13.2. The van der Waals surface area contributed by atoms with Gasteiger partial charge >= 0.3 is 0 Å². The molecule has 0 radical (unpaired) electrons. The number of aromatic nitrogens is 2. The zero-order valence-corrected chi connectivity index (χ0v) is 10.7. The zero-order valence-electron chi connectivity index (χ0n) is 10.7. The van der Waals surface area contributed by atoms with Crippen LogP contribution in [-0.2, 0) is 6.54 Å². The molecule has 0 spiro atoms. The molecule has 3 aromatic rings. The SMILES string of the molecule is CCn1nccc1C(=O)c1ccc2ccccc2c1. The molecular weight excluding hydrogens is 236 g/mol. The fourth-order valence-electron chi connectivity index (χ4n) is 2.26. The van der Waals surface area contributed by atoms with Crippen LogP contribution in [0.2, 0.25) is 0 Å². The normalized spacial score (nSPS) is 10.8. The van der Waals surface area contributed by atoms with Gasteiger partial charge in [-0.2, -0.15) is 5.10 Å². The Kier molecular flexibility index (Phi) is 2.88. The van der Waals surface area contributed by atoms with Gasteiger partial charge in [-0.3, -0.25) is 9.48 Å². The smallest absolute Gasteiger partial charge is 0.211 e. The van der Waals surface area contributed by atoms with Crippen LogP contribution in [0.15, 0.2) is 54.7 Å². The molecule has 1 heterocycles. The lowest BCUT2D eigenvalue weighted by Crippen LogP contribution is -2.10. The predicted molar refractivity (Wildman–Crippen MR) is 75.3 cm³/mol. The topological polar surface area (TPSA) is 34.9 Å². The van der Waals surface area contributed by atoms with Gasteiger partial charge in [0.15, 0.2) is 0 Å². The van der Waals surface area contributed by atoms with Crippen LogP contribution in [0.3, 0.4) is 0 Å². The van der Waals surface area contributed by atoms with Gasteiger partial charge < -0.3 is 0 Å². The van der Waals surface area contributed by atoms with Crippen LogP contribution in [0.4, 0.5) is 0 Å². The van der Waals surface area contributed by atoms with Crippen molar-refractivity contribution in [2.75, 3.05) is 0 Å². The summed E-state index contributed by atoms with van der Waals surface area (Å²) >= 11 is 0. The first-order chi connectivity index (χ1) is 9.29. The molecule has 0 aliphatic heterocycles. The minimum absolute atomic E-state index is 0.0186. The highest BCUT2D eigenvalue weighted by Crippen LogP contribution is 2.18. The minimum atomic E-state index is 0.0186. The van der Waals surface area contributed by atoms with Crippen molar-refractivity contribution in [1.29, 1.82) is 0 Å². The van der Waals surface area contributed by atoms with E-state index in [1.165, 1.54) is 0 Å². The van der Waals surface area contributed by atoms with E-state index in [2.05, 4.69) is 5.10 Å². The Morgan fingerprint density at radius 2 is 1.89 bits per heavy atom. The van der Waals surface area contributed by atoms with Gasteiger partial charge in [0.25, 0.3) is 0 Å². The molecule has 1 aromatic heterocycles. The number of hydrogen-bond donors (Lipinski definition) is 0. The van der Waals surface area contributed by atoms with Crippen LogP contribution >= 0.6 is 0 Å². The highest BCUT2D eigenvalue weighted by atomic mass is 16.1. The molecule has 2 aromatic carbocycles. The number of hydrogen-bond acceptors (Lipinski definition) is 2. The van der Waals surface area contributed by atoms with Crippen LogP contribution < -0.4 is 0 Å². The third kappa shape index (κ3) is 2.03. The molecule has 94 valence electrons. The molecule has 3 heteroatoms.